The number of allylic oxidation sites excluding steroid dienone is 2. The van der Waals surface area contributed by atoms with Crippen molar-refractivity contribution in [1.29, 1.82) is 0 Å². The van der Waals surface area contributed by atoms with Crippen LogP contribution in [0.15, 0.2) is 12.2 Å². The number of ether oxygens (including phenoxy) is 2. The molecule has 0 rings (SSSR count). The Balaban J connectivity index is 3.39. The molecule has 0 aliphatic heterocycles. The van der Waals surface area contributed by atoms with Crippen molar-refractivity contribution in [2.24, 2.45) is 0 Å². The number of hydrogen-bond acceptors (Lipinski definition) is 4. The second-order valence-corrected chi connectivity index (χ2v) is 13.4. The van der Waals surface area contributed by atoms with Gasteiger partial charge < -0.3 is 14.6 Å². The monoisotopic (exact) mass is 623 g/mol. The molecule has 44 heavy (non-hydrogen) atoms. The van der Waals surface area contributed by atoms with Crippen LogP contribution in [0.1, 0.15) is 213 Å². The molecule has 0 aromatic rings. The zero-order valence-electron chi connectivity index (χ0n) is 29.9. The Kier molecular flexibility index (Phi) is 37.6. The van der Waals surface area contributed by atoms with E-state index in [1.54, 1.807) is 0 Å². The molecule has 0 saturated heterocycles. The lowest BCUT2D eigenvalue weighted by Gasteiger charge is -2.16. The summed E-state index contributed by atoms with van der Waals surface area (Å²) >= 11 is 0. The Bertz CT molecular complexity index is 576. The van der Waals surface area contributed by atoms with Gasteiger partial charge in [-0.15, -0.1) is 0 Å². The molecule has 0 amide bonds. The Labute approximate surface area is 275 Å². The summed E-state index contributed by atoms with van der Waals surface area (Å²) in [5.74, 6) is -0.200. The summed E-state index contributed by atoms with van der Waals surface area (Å²) in [4.78, 5) is 12.2. The molecule has 0 aliphatic carbocycles. The molecule has 0 spiro atoms. The molecule has 4 heteroatoms. The Morgan fingerprint density at radius 3 is 1.30 bits per heavy atom. The van der Waals surface area contributed by atoms with Gasteiger partial charge in [-0.2, -0.15) is 0 Å². The lowest BCUT2D eigenvalue weighted by atomic mass is 10.1. The van der Waals surface area contributed by atoms with Crippen molar-refractivity contribution in [2.45, 2.75) is 219 Å². The van der Waals surface area contributed by atoms with Crippen LogP contribution in [0.25, 0.3) is 0 Å². The fourth-order valence-electron chi connectivity index (χ4n) is 5.85. The maximum atomic E-state index is 12.2. The van der Waals surface area contributed by atoms with Gasteiger partial charge in [0.2, 0.25) is 0 Å². The van der Waals surface area contributed by atoms with Crippen LogP contribution in [0.3, 0.4) is 0 Å². The standard InChI is InChI=1S/C40H78O4/c1-3-5-7-9-11-13-15-16-17-18-19-20-21-22-23-24-25-27-29-31-33-35-40(42)44-39(37-41)38-43-36-34-32-30-28-26-14-12-10-8-6-4-2/h18-19,39,41H,3-17,20-38H2,1-2H3/b19-18-. The summed E-state index contributed by atoms with van der Waals surface area (Å²) in [5.41, 5.74) is 0. The predicted octanol–water partition coefficient (Wildman–Crippen LogP) is 12.6. The van der Waals surface area contributed by atoms with Gasteiger partial charge in [-0.25, -0.2) is 0 Å². The van der Waals surface area contributed by atoms with Gasteiger partial charge in [-0.1, -0.05) is 180 Å². The lowest BCUT2D eigenvalue weighted by molar-refractivity contribution is -0.154. The van der Waals surface area contributed by atoms with E-state index < -0.39 is 6.10 Å². The van der Waals surface area contributed by atoms with Crippen LogP contribution >= 0.6 is 0 Å². The normalized spacial score (nSPS) is 12.3. The molecular formula is C40H78O4. The number of esters is 1. The number of unbranched alkanes of at least 4 members (excludes halogenated alkanes) is 27. The number of rotatable bonds is 37. The van der Waals surface area contributed by atoms with Crippen molar-refractivity contribution < 1.29 is 19.4 Å². The number of carbonyl (C=O) groups excluding carboxylic acids is 1. The molecule has 0 fully saturated rings. The van der Waals surface area contributed by atoms with Crippen LogP contribution in [0, 0.1) is 0 Å². The molecule has 0 bridgehead atoms. The average molecular weight is 623 g/mol. The third kappa shape index (κ3) is 35.6. The van der Waals surface area contributed by atoms with Crippen LogP contribution < -0.4 is 0 Å². The van der Waals surface area contributed by atoms with E-state index in [-0.39, 0.29) is 12.6 Å². The van der Waals surface area contributed by atoms with E-state index in [4.69, 9.17) is 9.47 Å². The third-order valence-electron chi connectivity index (χ3n) is 8.84. The topological polar surface area (TPSA) is 55.8 Å². The van der Waals surface area contributed by atoms with Gasteiger partial charge in [-0.05, 0) is 38.5 Å². The van der Waals surface area contributed by atoms with E-state index in [0.717, 1.165) is 19.3 Å². The maximum Gasteiger partial charge on any atom is 0.306 e. The molecular weight excluding hydrogens is 544 g/mol. The van der Waals surface area contributed by atoms with E-state index in [1.165, 1.54) is 173 Å². The second kappa shape index (κ2) is 38.3. The lowest BCUT2D eigenvalue weighted by Crippen LogP contribution is -2.27. The first kappa shape index (κ1) is 43.1. The highest BCUT2D eigenvalue weighted by molar-refractivity contribution is 5.69. The average Bonchev–Trinajstić information content (AvgIpc) is 3.03. The second-order valence-electron chi connectivity index (χ2n) is 13.4. The number of aliphatic hydroxyl groups excluding tert-OH is 1. The van der Waals surface area contributed by atoms with Gasteiger partial charge >= 0.3 is 5.97 Å². The SMILES string of the molecule is CCCCCCCCCC/C=C\CCCCCCCCCCCC(=O)OC(CO)COCCCCCCCCCCCCC. The first-order chi connectivity index (χ1) is 21.7. The quantitative estimate of drug-likeness (QED) is 0.0425. The molecule has 1 atom stereocenters. The highest BCUT2D eigenvalue weighted by Crippen LogP contribution is 2.14. The van der Waals surface area contributed by atoms with Crippen molar-refractivity contribution >= 4 is 5.97 Å². The van der Waals surface area contributed by atoms with Crippen molar-refractivity contribution in [3.8, 4) is 0 Å². The highest BCUT2D eigenvalue weighted by atomic mass is 16.6. The summed E-state index contributed by atoms with van der Waals surface area (Å²) in [6.45, 7) is 5.37. The molecule has 0 heterocycles. The molecule has 0 aromatic heterocycles. The van der Waals surface area contributed by atoms with Crippen LogP contribution in [0.2, 0.25) is 0 Å². The minimum absolute atomic E-state index is 0.167. The van der Waals surface area contributed by atoms with E-state index in [0.29, 0.717) is 19.6 Å². The fraction of sp³-hybridized carbons (Fsp3) is 0.925. The minimum atomic E-state index is -0.527. The van der Waals surface area contributed by atoms with Gasteiger partial charge in [0.05, 0.1) is 13.2 Å². The largest absolute Gasteiger partial charge is 0.457 e. The Morgan fingerprint density at radius 2 is 0.886 bits per heavy atom. The molecule has 0 saturated carbocycles. The highest BCUT2D eigenvalue weighted by Gasteiger charge is 2.13. The summed E-state index contributed by atoms with van der Waals surface area (Å²) in [6, 6.07) is 0. The Morgan fingerprint density at radius 1 is 0.523 bits per heavy atom. The molecule has 0 aromatic carbocycles. The maximum absolute atomic E-state index is 12.2. The van der Waals surface area contributed by atoms with E-state index in [2.05, 4.69) is 26.0 Å². The molecule has 1 N–H and O–H groups in total. The first-order valence-corrected chi connectivity index (χ1v) is 19.8. The zero-order chi connectivity index (χ0) is 32.0. The minimum Gasteiger partial charge on any atom is -0.457 e. The van der Waals surface area contributed by atoms with Gasteiger partial charge in [0, 0.05) is 13.0 Å². The molecule has 0 aliphatic rings. The smallest absolute Gasteiger partial charge is 0.306 e. The van der Waals surface area contributed by atoms with Crippen molar-refractivity contribution in [2.75, 3.05) is 19.8 Å². The summed E-state index contributed by atoms with van der Waals surface area (Å²) in [7, 11) is 0. The van der Waals surface area contributed by atoms with Gasteiger partial charge in [-0.3, -0.25) is 4.79 Å². The summed E-state index contributed by atoms with van der Waals surface area (Å²) in [5, 5.41) is 9.55. The van der Waals surface area contributed by atoms with Crippen LogP contribution in [0.5, 0.6) is 0 Å². The van der Waals surface area contributed by atoms with Crippen LogP contribution in [-0.4, -0.2) is 37.0 Å². The number of aliphatic hydroxyl groups is 1. The first-order valence-electron chi connectivity index (χ1n) is 19.8. The van der Waals surface area contributed by atoms with Crippen molar-refractivity contribution in [1.82, 2.24) is 0 Å². The van der Waals surface area contributed by atoms with Crippen LogP contribution in [0.4, 0.5) is 0 Å². The zero-order valence-corrected chi connectivity index (χ0v) is 29.9. The van der Waals surface area contributed by atoms with Gasteiger partial charge in [0.15, 0.2) is 0 Å². The predicted molar refractivity (Wildman–Crippen MR) is 191 cm³/mol. The Hall–Kier alpha value is -0.870. The summed E-state index contributed by atoms with van der Waals surface area (Å²) < 4.78 is 11.1. The molecule has 0 radical (unpaired) electrons. The molecule has 262 valence electrons. The van der Waals surface area contributed by atoms with Gasteiger partial charge in [0.25, 0.3) is 0 Å². The van der Waals surface area contributed by atoms with E-state index in [9.17, 15) is 9.90 Å². The molecule has 1 unspecified atom stereocenters. The third-order valence-corrected chi connectivity index (χ3v) is 8.84. The van der Waals surface area contributed by atoms with Crippen molar-refractivity contribution in [3.63, 3.8) is 0 Å². The number of carbonyl (C=O) groups is 1. The van der Waals surface area contributed by atoms with E-state index >= 15 is 0 Å². The van der Waals surface area contributed by atoms with Gasteiger partial charge in [0.1, 0.15) is 6.10 Å². The molecule has 4 nitrogen and oxygen atoms in total. The fourth-order valence-corrected chi connectivity index (χ4v) is 5.85. The summed E-state index contributed by atoms with van der Waals surface area (Å²) in [6.07, 6.45) is 44.0. The van der Waals surface area contributed by atoms with E-state index in [1.807, 2.05) is 0 Å². The van der Waals surface area contributed by atoms with Crippen molar-refractivity contribution in [3.05, 3.63) is 12.2 Å². The van der Waals surface area contributed by atoms with Crippen LogP contribution in [-0.2, 0) is 14.3 Å². The number of hydrogen-bond donors (Lipinski definition) is 1.